The molecule has 0 bridgehead atoms. The zero-order chi connectivity index (χ0) is 10.7. The van der Waals surface area contributed by atoms with Gasteiger partial charge in [0.05, 0.1) is 12.7 Å². The zero-order valence-electron chi connectivity index (χ0n) is 8.50. The maximum absolute atomic E-state index is 13.3. The first-order chi connectivity index (χ1) is 6.60. The van der Waals surface area contributed by atoms with Crippen molar-refractivity contribution in [3.05, 3.63) is 29.1 Å². The Balaban J connectivity index is 3.31. The maximum Gasteiger partial charge on any atom is 0.156 e. The summed E-state index contributed by atoms with van der Waals surface area (Å²) in [4.78, 5) is 10.6. The lowest BCUT2D eigenvalue weighted by Gasteiger charge is -2.10. The molecule has 0 aromatic heterocycles. The molecule has 0 saturated heterocycles. The third-order valence-corrected chi connectivity index (χ3v) is 2.12. The summed E-state index contributed by atoms with van der Waals surface area (Å²) < 4.78 is 18.3. The summed E-state index contributed by atoms with van der Waals surface area (Å²) in [7, 11) is 1.42. The number of hydrogen-bond donors (Lipinski definition) is 0. The molecule has 3 heteroatoms. The first-order valence-corrected chi connectivity index (χ1v) is 4.42. The Morgan fingerprint density at radius 1 is 1.43 bits per heavy atom. The number of methoxy groups -OCH3 is 1. The van der Waals surface area contributed by atoms with Crippen LogP contribution >= 0.6 is 0 Å². The molecule has 0 amide bonds. The third kappa shape index (κ3) is 1.92. The fourth-order valence-electron chi connectivity index (χ4n) is 1.23. The van der Waals surface area contributed by atoms with E-state index in [2.05, 4.69) is 0 Å². The Hall–Kier alpha value is -1.38. The first-order valence-electron chi connectivity index (χ1n) is 4.42. The second-order valence-electron chi connectivity index (χ2n) is 3.39. The molecule has 0 N–H and O–H groups in total. The Labute approximate surface area is 82.7 Å². The quantitative estimate of drug-likeness (QED) is 0.695. The van der Waals surface area contributed by atoms with Gasteiger partial charge in [-0.05, 0) is 23.6 Å². The van der Waals surface area contributed by atoms with Crippen LogP contribution in [-0.2, 0) is 0 Å². The summed E-state index contributed by atoms with van der Waals surface area (Å²) in [5.41, 5.74) is 0.807. The highest BCUT2D eigenvalue weighted by atomic mass is 19.1. The second kappa shape index (κ2) is 4.22. The van der Waals surface area contributed by atoms with Gasteiger partial charge in [-0.15, -0.1) is 0 Å². The van der Waals surface area contributed by atoms with Gasteiger partial charge in [-0.2, -0.15) is 0 Å². The molecule has 0 saturated carbocycles. The van der Waals surface area contributed by atoms with E-state index in [0.717, 1.165) is 5.56 Å². The normalized spacial score (nSPS) is 10.4. The fraction of sp³-hybridized carbons (Fsp3) is 0.364. The number of ether oxygens (including phenoxy) is 1. The second-order valence-corrected chi connectivity index (χ2v) is 3.39. The standard InChI is InChI=1S/C11H13FO2/c1-7(2)8-4-10(12)9(6-13)11(5-8)14-3/h4-7H,1-3H3. The van der Waals surface area contributed by atoms with Crippen molar-refractivity contribution in [3.63, 3.8) is 0 Å². The van der Waals surface area contributed by atoms with E-state index in [1.807, 2.05) is 13.8 Å². The Morgan fingerprint density at radius 2 is 2.07 bits per heavy atom. The molecule has 0 fully saturated rings. The van der Waals surface area contributed by atoms with E-state index < -0.39 is 5.82 Å². The van der Waals surface area contributed by atoms with Crippen LogP contribution in [0.15, 0.2) is 12.1 Å². The SMILES string of the molecule is COc1cc(C(C)C)cc(F)c1C=O. The summed E-state index contributed by atoms with van der Waals surface area (Å²) >= 11 is 0. The van der Waals surface area contributed by atoms with Gasteiger partial charge >= 0.3 is 0 Å². The predicted molar refractivity (Wildman–Crippen MR) is 52.4 cm³/mol. The lowest BCUT2D eigenvalue weighted by molar-refractivity contribution is 0.111. The highest BCUT2D eigenvalue weighted by molar-refractivity contribution is 5.80. The van der Waals surface area contributed by atoms with Crippen molar-refractivity contribution in [2.24, 2.45) is 0 Å². The van der Waals surface area contributed by atoms with Crippen molar-refractivity contribution in [3.8, 4) is 5.75 Å². The van der Waals surface area contributed by atoms with Crippen LogP contribution in [-0.4, -0.2) is 13.4 Å². The number of carbonyl (C=O) groups is 1. The monoisotopic (exact) mass is 196 g/mol. The van der Waals surface area contributed by atoms with Gasteiger partial charge in [0.25, 0.3) is 0 Å². The van der Waals surface area contributed by atoms with Gasteiger partial charge in [0.2, 0.25) is 0 Å². The molecule has 0 heterocycles. The van der Waals surface area contributed by atoms with Crippen molar-refractivity contribution in [2.45, 2.75) is 19.8 Å². The summed E-state index contributed by atoms with van der Waals surface area (Å²) in [5, 5.41) is 0. The van der Waals surface area contributed by atoms with Crippen molar-refractivity contribution < 1.29 is 13.9 Å². The van der Waals surface area contributed by atoms with E-state index >= 15 is 0 Å². The minimum Gasteiger partial charge on any atom is -0.496 e. The van der Waals surface area contributed by atoms with Crippen molar-refractivity contribution in [1.82, 2.24) is 0 Å². The molecule has 0 radical (unpaired) electrons. The summed E-state index contributed by atoms with van der Waals surface area (Å²) in [6, 6.07) is 3.06. The number of aldehydes is 1. The summed E-state index contributed by atoms with van der Waals surface area (Å²) in [6.07, 6.45) is 0.471. The molecular weight excluding hydrogens is 183 g/mol. The molecule has 0 unspecified atom stereocenters. The predicted octanol–water partition coefficient (Wildman–Crippen LogP) is 2.77. The molecule has 2 nitrogen and oxygen atoms in total. The number of benzene rings is 1. The zero-order valence-corrected chi connectivity index (χ0v) is 8.50. The van der Waals surface area contributed by atoms with E-state index in [4.69, 9.17) is 4.74 Å². The van der Waals surface area contributed by atoms with Crippen LogP contribution < -0.4 is 4.74 Å². The van der Waals surface area contributed by atoms with Gasteiger partial charge in [-0.3, -0.25) is 4.79 Å². The molecule has 0 aliphatic heterocycles. The third-order valence-electron chi connectivity index (χ3n) is 2.12. The lowest BCUT2D eigenvalue weighted by Crippen LogP contribution is -1.98. The molecule has 76 valence electrons. The van der Waals surface area contributed by atoms with Gasteiger partial charge in [-0.1, -0.05) is 13.8 Å². The largest absolute Gasteiger partial charge is 0.496 e. The summed E-state index contributed by atoms with van der Waals surface area (Å²) in [6.45, 7) is 3.91. The average Bonchev–Trinajstić information content (AvgIpc) is 2.16. The number of hydrogen-bond acceptors (Lipinski definition) is 2. The van der Waals surface area contributed by atoms with Crippen molar-refractivity contribution >= 4 is 6.29 Å². The van der Waals surface area contributed by atoms with Gasteiger partial charge < -0.3 is 4.74 Å². The van der Waals surface area contributed by atoms with E-state index in [1.165, 1.54) is 13.2 Å². The summed E-state index contributed by atoms with van der Waals surface area (Å²) in [5.74, 6) is -0.0224. The Morgan fingerprint density at radius 3 is 2.50 bits per heavy atom. The van der Waals surface area contributed by atoms with Crippen LogP contribution in [0.3, 0.4) is 0 Å². The van der Waals surface area contributed by atoms with Crippen LogP contribution in [0.25, 0.3) is 0 Å². The van der Waals surface area contributed by atoms with E-state index in [1.54, 1.807) is 6.07 Å². The topological polar surface area (TPSA) is 26.3 Å². The van der Waals surface area contributed by atoms with Crippen molar-refractivity contribution in [2.75, 3.05) is 7.11 Å². The first kappa shape index (κ1) is 10.7. The number of rotatable bonds is 3. The Bertz CT molecular complexity index is 345. The molecule has 0 aliphatic rings. The van der Waals surface area contributed by atoms with Crippen LogP contribution in [0.2, 0.25) is 0 Å². The molecule has 0 spiro atoms. The molecular formula is C11H13FO2. The minimum atomic E-state index is -0.525. The van der Waals surface area contributed by atoms with E-state index in [9.17, 15) is 9.18 Å². The molecule has 1 aromatic carbocycles. The van der Waals surface area contributed by atoms with Gasteiger partial charge in [-0.25, -0.2) is 4.39 Å². The van der Waals surface area contributed by atoms with Gasteiger partial charge in [0.15, 0.2) is 6.29 Å². The van der Waals surface area contributed by atoms with Crippen LogP contribution in [0.1, 0.15) is 35.7 Å². The van der Waals surface area contributed by atoms with Crippen LogP contribution in [0.4, 0.5) is 4.39 Å². The number of halogens is 1. The van der Waals surface area contributed by atoms with Crippen molar-refractivity contribution in [1.29, 1.82) is 0 Å². The van der Waals surface area contributed by atoms with Crippen LogP contribution in [0, 0.1) is 5.82 Å². The molecule has 1 aromatic rings. The molecule has 1 rings (SSSR count). The van der Waals surface area contributed by atoms with Gasteiger partial charge in [0.1, 0.15) is 11.6 Å². The Kier molecular flexibility index (Phi) is 3.23. The molecule has 14 heavy (non-hydrogen) atoms. The molecule has 0 aliphatic carbocycles. The van der Waals surface area contributed by atoms with Crippen LogP contribution in [0.5, 0.6) is 5.75 Å². The van der Waals surface area contributed by atoms with E-state index in [-0.39, 0.29) is 11.5 Å². The number of carbonyl (C=O) groups excluding carboxylic acids is 1. The lowest BCUT2D eigenvalue weighted by atomic mass is 10.0. The molecule has 0 atom stereocenters. The van der Waals surface area contributed by atoms with E-state index in [0.29, 0.717) is 12.0 Å². The smallest absolute Gasteiger partial charge is 0.156 e. The minimum absolute atomic E-state index is 0.0168. The maximum atomic E-state index is 13.3. The fourth-order valence-corrected chi connectivity index (χ4v) is 1.23. The highest BCUT2D eigenvalue weighted by Crippen LogP contribution is 2.26. The highest BCUT2D eigenvalue weighted by Gasteiger charge is 2.12. The van der Waals surface area contributed by atoms with Gasteiger partial charge in [0, 0.05) is 0 Å². The average molecular weight is 196 g/mol.